The number of hydrogen-bond donors (Lipinski definition) is 4. The van der Waals surface area contributed by atoms with E-state index in [1.165, 1.54) is 0 Å². The van der Waals surface area contributed by atoms with Crippen LogP contribution in [0.25, 0.3) is 0 Å². The largest absolute Gasteiger partial charge is 0.369 e. The molecule has 1 aromatic rings. The average molecular weight is 181 g/mol. The maximum absolute atomic E-state index is 11.2. The van der Waals surface area contributed by atoms with Crippen molar-refractivity contribution in [2.75, 3.05) is 22.9 Å². The van der Waals surface area contributed by atoms with Gasteiger partial charge in [0.2, 0.25) is 11.9 Å². The van der Waals surface area contributed by atoms with Crippen molar-refractivity contribution in [3.05, 3.63) is 10.4 Å². The first kappa shape index (κ1) is 7.59. The predicted octanol–water partition coefficient (Wildman–Crippen LogP) is -1.28. The molecule has 0 aromatic carbocycles. The molecule has 0 radical (unpaired) electrons. The molecule has 0 aliphatic carbocycles. The quantitative estimate of drug-likeness (QED) is 0.398. The lowest BCUT2D eigenvalue weighted by Crippen LogP contribution is -2.32. The molecule has 1 amide bonds. The van der Waals surface area contributed by atoms with Gasteiger partial charge < -0.3 is 16.4 Å². The minimum Gasteiger partial charge on any atom is -0.369 e. The maximum atomic E-state index is 11.2. The van der Waals surface area contributed by atoms with Gasteiger partial charge in [-0.25, -0.2) is 0 Å². The lowest BCUT2D eigenvalue weighted by atomic mass is 10.3. The summed E-state index contributed by atoms with van der Waals surface area (Å²) in [7, 11) is 0. The first-order valence-electron chi connectivity index (χ1n) is 3.60. The van der Waals surface area contributed by atoms with Gasteiger partial charge in [-0.15, -0.1) is 0 Å². The normalized spacial score (nSPS) is 14.3. The van der Waals surface area contributed by atoms with Crippen LogP contribution in [0.15, 0.2) is 4.79 Å². The van der Waals surface area contributed by atoms with Crippen LogP contribution >= 0.6 is 0 Å². The molecular formula is C6H7N5O2. The van der Waals surface area contributed by atoms with E-state index >= 15 is 0 Å². The monoisotopic (exact) mass is 181 g/mol. The third-order valence-corrected chi connectivity index (χ3v) is 1.62. The average Bonchev–Trinajstić information content (AvgIpc) is 2.02. The van der Waals surface area contributed by atoms with Gasteiger partial charge in [0.05, 0.1) is 6.54 Å². The van der Waals surface area contributed by atoms with Crippen molar-refractivity contribution in [2.24, 2.45) is 0 Å². The Morgan fingerprint density at radius 3 is 2.92 bits per heavy atom. The van der Waals surface area contributed by atoms with Crippen molar-refractivity contribution in [3.8, 4) is 0 Å². The zero-order chi connectivity index (χ0) is 9.42. The Balaban J connectivity index is 2.59. The van der Waals surface area contributed by atoms with Gasteiger partial charge in [0.25, 0.3) is 5.56 Å². The van der Waals surface area contributed by atoms with E-state index in [1.807, 2.05) is 0 Å². The number of H-pyrrole nitrogens is 1. The molecule has 1 aliphatic heterocycles. The molecule has 0 saturated heterocycles. The second-order valence-electron chi connectivity index (χ2n) is 2.58. The highest BCUT2D eigenvalue weighted by molar-refractivity contribution is 5.99. The number of hydrogen-bond acceptors (Lipinski definition) is 5. The van der Waals surface area contributed by atoms with Crippen LogP contribution in [0.5, 0.6) is 0 Å². The maximum Gasteiger partial charge on any atom is 0.277 e. The molecule has 0 saturated carbocycles. The van der Waals surface area contributed by atoms with Crippen molar-refractivity contribution in [1.82, 2.24) is 9.97 Å². The second kappa shape index (κ2) is 2.47. The summed E-state index contributed by atoms with van der Waals surface area (Å²) >= 11 is 0. The number of fused-ring (bicyclic) bond motifs is 1. The zero-order valence-electron chi connectivity index (χ0n) is 6.55. The van der Waals surface area contributed by atoms with Crippen LogP contribution < -0.4 is 21.9 Å². The van der Waals surface area contributed by atoms with Gasteiger partial charge in [-0.1, -0.05) is 0 Å². The Morgan fingerprint density at radius 1 is 1.38 bits per heavy atom. The van der Waals surface area contributed by atoms with Crippen LogP contribution in [0.2, 0.25) is 0 Å². The number of nitrogen functional groups attached to an aromatic ring is 1. The van der Waals surface area contributed by atoms with E-state index in [-0.39, 0.29) is 35.5 Å². The fourth-order valence-corrected chi connectivity index (χ4v) is 1.09. The molecule has 7 nitrogen and oxygen atoms in total. The van der Waals surface area contributed by atoms with E-state index in [0.29, 0.717) is 0 Å². The van der Waals surface area contributed by atoms with Crippen molar-refractivity contribution >= 4 is 23.4 Å². The van der Waals surface area contributed by atoms with Gasteiger partial charge in [-0.2, -0.15) is 4.98 Å². The van der Waals surface area contributed by atoms with E-state index in [4.69, 9.17) is 5.73 Å². The van der Waals surface area contributed by atoms with E-state index in [0.717, 1.165) is 0 Å². The van der Waals surface area contributed by atoms with Gasteiger partial charge in [0.15, 0.2) is 5.82 Å². The lowest BCUT2D eigenvalue weighted by Gasteiger charge is -2.16. The number of carbonyl (C=O) groups excluding carboxylic acids is 1. The van der Waals surface area contributed by atoms with Gasteiger partial charge in [-0.05, 0) is 0 Å². The van der Waals surface area contributed by atoms with Gasteiger partial charge in [0, 0.05) is 0 Å². The summed E-state index contributed by atoms with van der Waals surface area (Å²) in [6.45, 7) is 0.0711. The van der Waals surface area contributed by atoms with Crippen molar-refractivity contribution in [1.29, 1.82) is 0 Å². The third kappa shape index (κ3) is 1.19. The van der Waals surface area contributed by atoms with Crippen LogP contribution in [-0.4, -0.2) is 22.4 Å². The van der Waals surface area contributed by atoms with Gasteiger partial charge in [0.1, 0.15) is 5.69 Å². The Kier molecular flexibility index (Phi) is 1.44. The molecule has 7 heteroatoms. The number of aromatic amines is 1. The Labute approximate surface area is 72.4 Å². The summed E-state index contributed by atoms with van der Waals surface area (Å²) in [6.07, 6.45) is 0. The van der Waals surface area contributed by atoms with Crippen molar-refractivity contribution < 1.29 is 4.79 Å². The molecule has 2 rings (SSSR count). The summed E-state index contributed by atoms with van der Waals surface area (Å²) in [5, 5.41) is 5.06. The Morgan fingerprint density at radius 2 is 2.15 bits per heavy atom. The number of carbonyl (C=O) groups is 1. The summed E-state index contributed by atoms with van der Waals surface area (Å²) in [5.74, 6) is -0.0877. The minimum absolute atomic E-state index is 0.0206. The van der Waals surface area contributed by atoms with Crippen LogP contribution in [0, 0.1) is 0 Å². The topological polar surface area (TPSA) is 113 Å². The molecule has 1 aromatic heterocycles. The summed E-state index contributed by atoms with van der Waals surface area (Å²) in [6, 6.07) is 0. The molecule has 0 atom stereocenters. The van der Waals surface area contributed by atoms with Crippen LogP contribution in [0.4, 0.5) is 17.5 Å². The highest BCUT2D eigenvalue weighted by atomic mass is 16.2. The molecule has 13 heavy (non-hydrogen) atoms. The van der Waals surface area contributed by atoms with Crippen molar-refractivity contribution in [2.45, 2.75) is 0 Å². The Bertz CT molecular complexity index is 424. The van der Waals surface area contributed by atoms with E-state index in [1.54, 1.807) is 0 Å². The number of nitrogens with zero attached hydrogens (tertiary/aromatic N) is 1. The SMILES string of the molecule is Nc1nc2c(c(=O)[nH]1)NCC(=O)N2. The number of anilines is 3. The molecule has 0 unspecified atom stereocenters. The number of aromatic nitrogens is 2. The first-order valence-corrected chi connectivity index (χ1v) is 3.60. The van der Waals surface area contributed by atoms with E-state index < -0.39 is 0 Å². The predicted molar refractivity (Wildman–Crippen MR) is 46.4 cm³/mol. The van der Waals surface area contributed by atoms with E-state index in [9.17, 15) is 9.59 Å². The van der Waals surface area contributed by atoms with Gasteiger partial charge in [-0.3, -0.25) is 14.6 Å². The number of nitrogens with one attached hydrogen (secondary N) is 3. The fourth-order valence-electron chi connectivity index (χ4n) is 1.09. The standard InChI is InChI=1S/C6H7N5O2/c7-6-10-4-3(5(13)11-6)8-1-2(12)9-4/h8H,1H2,(H4,7,9,10,11,12,13). The third-order valence-electron chi connectivity index (χ3n) is 1.62. The van der Waals surface area contributed by atoms with Crippen LogP contribution in [0.1, 0.15) is 0 Å². The molecule has 1 aliphatic rings. The summed E-state index contributed by atoms with van der Waals surface area (Å²) in [4.78, 5) is 28.1. The summed E-state index contributed by atoms with van der Waals surface area (Å²) < 4.78 is 0. The fraction of sp³-hybridized carbons (Fsp3) is 0.167. The Hall–Kier alpha value is -2.05. The molecule has 68 valence electrons. The molecule has 2 heterocycles. The molecule has 5 N–H and O–H groups in total. The molecule has 0 bridgehead atoms. The van der Waals surface area contributed by atoms with Crippen molar-refractivity contribution in [3.63, 3.8) is 0 Å². The summed E-state index contributed by atoms with van der Waals surface area (Å²) in [5.41, 5.74) is 5.14. The first-order chi connectivity index (χ1) is 6.16. The van der Waals surface area contributed by atoms with Crippen LogP contribution in [0.3, 0.4) is 0 Å². The minimum atomic E-state index is -0.387. The van der Waals surface area contributed by atoms with Gasteiger partial charge >= 0.3 is 0 Å². The number of nitrogens with two attached hydrogens (primary N) is 1. The number of rotatable bonds is 0. The molecule has 0 spiro atoms. The molecule has 0 fully saturated rings. The second-order valence-corrected chi connectivity index (χ2v) is 2.58. The highest BCUT2D eigenvalue weighted by Crippen LogP contribution is 2.16. The van der Waals surface area contributed by atoms with E-state index in [2.05, 4.69) is 20.6 Å². The highest BCUT2D eigenvalue weighted by Gasteiger charge is 2.18. The molecular weight excluding hydrogens is 174 g/mol. The lowest BCUT2D eigenvalue weighted by molar-refractivity contribution is -0.114. The zero-order valence-corrected chi connectivity index (χ0v) is 6.55. The smallest absolute Gasteiger partial charge is 0.277 e. The number of amides is 1. The van der Waals surface area contributed by atoms with Crippen LogP contribution in [-0.2, 0) is 4.79 Å².